The molecule has 24 heavy (non-hydrogen) atoms. The van der Waals surface area contributed by atoms with E-state index in [-0.39, 0.29) is 5.91 Å². The Morgan fingerprint density at radius 1 is 1.21 bits per heavy atom. The first-order valence-electron chi connectivity index (χ1n) is 7.86. The zero-order valence-corrected chi connectivity index (χ0v) is 13.4. The van der Waals surface area contributed by atoms with Gasteiger partial charge in [0, 0.05) is 18.7 Å². The molecule has 3 rings (SSSR count). The molecule has 1 aromatic heterocycles. The maximum atomic E-state index is 11.6. The van der Waals surface area contributed by atoms with Gasteiger partial charge in [-0.25, -0.2) is 10.5 Å². The maximum Gasteiger partial charge on any atom is 0.274 e. The van der Waals surface area contributed by atoms with Crippen LogP contribution in [0.1, 0.15) is 46.3 Å². The van der Waals surface area contributed by atoms with Crippen molar-refractivity contribution in [2.45, 2.75) is 32.1 Å². The molecule has 0 bridgehead atoms. The highest BCUT2D eigenvalue weighted by atomic mass is 16.5. The molecule has 0 fully saturated rings. The zero-order valence-electron chi connectivity index (χ0n) is 13.4. The van der Waals surface area contributed by atoms with Crippen molar-refractivity contribution in [1.82, 2.24) is 10.5 Å². The number of amides is 2. The Balaban J connectivity index is 1.84. The van der Waals surface area contributed by atoms with Crippen LogP contribution >= 0.6 is 0 Å². The molecule has 2 aromatic rings. The number of carbonyl (C=O) groups is 2. The summed E-state index contributed by atoms with van der Waals surface area (Å²) in [4.78, 5) is 26.9. The number of hydrogen-bond donors (Lipinski definition) is 3. The van der Waals surface area contributed by atoms with Crippen molar-refractivity contribution in [3.63, 3.8) is 0 Å². The van der Waals surface area contributed by atoms with Gasteiger partial charge >= 0.3 is 0 Å². The summed E-state index contributed by atoms with van der Waals surface area (Å²) in [6.07, 6.45) is 4.44. The number of pyridine rings is 1. The zero-order chi connectivity index (χ0) is 17.1. The highest BCUT2D eigenvalue weighted by Crippen LogP contribution is 2.33. The third-order valence-electron chi connectivity index (χ3n) is 4.36. The average Bonchev–Trinajstić information content (AvgIpc) is 2.59. The summed E-state index contributed by atoms with van der Waals surface area (Å²) in [5, 5.41) is 11.5. The quantitative estimate of drug-likeness (QED) is 0.597. The fourth-order valence-electron chi connectivity index (χ4n) is 3.20. The molecule has 1 unspecified atom stereocenters. The molecule has 1 aliphatic rings. The number of anilines is 1. The Kier molecular flexibility index (Phi) is 4.57. The van der Waals surface area contributed by atoms with Crippen LogP contribution in [0.15, 0.2) is 36.5 Å². The van der Waals surface area contributed by atoms with Gasteiger partial charge in [-0.3, -0.25) is 14.8 Å². The van der Waals surface area contributed by atoms with Gasteiger partial charge in [-0.05, 0) is 66.1 Å². The lowest BCUT2D eigenvalue weighted by molar-refractivity contribution is -0.114. The minimum atomic E-state index is -0.503. The second kappa shape index (κ2) is 6.80. The van der Waals surface area contributed by atoms with E-state index in [4.69, 9.17) is 5.21 Å². The van der Waals surface area contributed by atoms with Crippen LogP contribution in [-0.4, -0.2) is 22.0 Å². The molecule has 6 heteroatoms. The number of nitrogens with zero attached hydrogens (tertiary/aromatic N) is 1. The first-order valence-corrected chi connectivity index (χ1v) is 7.86. The molecule has 0 saturated carbocycles. The lowest BCUT2D eigenvalue weighted by Gasteiger charge is -2.25. The number of aryl methyl sites for hydroxylation is 1. The number of aromatic nitrogens is 1. The van der Waals surface area contributed by atoms with E-state index in [0.717, 1.165) is 30.4 Å². The fraction of sp³-hybridized carbons (Fsp3) is 0.278. The van der Waals surface area contributed by atoms with Crippen molar-refractivity contribution in [1.29, 1.82) is 0 Å². The Bertz CT molecular complexity index is 789. The van der Waals surface area contributed by atoms with Crippen LogP contribution < -0.4 is 10.8 Å². The Hall–Kier alpha value is -2.73. The summed E-state index contributed by atoms with van der Waals surface area (Å²) in [5.74, 6) is 0.213. The molecule has 0 spiro atoms. The van der Waals surface area contributed by atoms with E-state index in [0.29, 0.717) is 17.3 Å². The summed E-state index contributed by atoms with van der Waals surface area (Å²) >= 11 is 0. The third-order valence-corrected chi connectivity index (χ3v) is 4.36. The normalized spacial score (nSPS) is 16.2. The highest BCUT2D eigenvalue weighted by Gasteiger charge is 2.21. The molecule has 3 N–H and O–H groups in total. The van der Waals surface area contributed by atoms with Crippen LogP contribution in [-0.2, 0) is 17.6 Å². The summed E-state index contributed by atoms with van der Waals surface area (Å²) in [6, 6.07) is 9.38. The van der Waals surface area contributed by atoms with E-state index < -0.39 is 5.91 Å². The van der Waals surface area contributed by atoms with E-state index in [9.17, 15) is 9.59 Å². The number of benzene rings is 1. The van der Waals surface area contributed by atoms with E-state index in [1.807, 2.05) is 24.3 Å². The van der Waals surface area contributed by atoms with Crippen LogP contribution in [0.4, 0.5) is 5.82 Å². The predicted molar refractivity (Wildman–Crippen MR) is 89.0 cm³/mol. The minimum Gasteiger partial charge on any atom is -0.311 e. The molecule has 2 amide bonds. The van der Waals surface area contributed by atoms with Gasteiger partial charge < -0.3 is 5.32 Å². The number of hydroxylamine groups is 1. The Morgan fingerprint density at radius 3 is 2.79 bits per heavy atom. The first kappa shape index (κ1) is 16.1. The molecule has 1 atom stereocenters. The second-order valence-electron chi connectivity index (χ2n) is 6.02. The van der Waals surface area contributed by atoms with E-state index in [1.165, 1.54) is 12.5 Å². The number of nitrogens with one attached hydrogen (secondary N) is 2. The SMILES string of the molecule is CC(=O)Nc1cc(C2CCc3ccc(C(=O)NO)cc3C2)ccn1. The Morgan fingerprint density at radius 2 is 2.04 bits per heavy atom. The number of rotatable bonds is 3. The monoisotopic (exact) mass is 325 g/mol. The molecule has 6 nitrogen and oxygen atoms in total. The van der Waals surface area contributed by atoms with Gasteiger partial charge in [-0.1, -0.05) is 6.07 Å². The smallest absolute Gasteiger partial charge is 0.274 e. The van der Waals surface area contributed by atoms with Crippen molar-refractivity contribution in [3.8, 4) is 0 Å². The number of fused-ring (bicyclic) bond motifs is 1. The van der Waals surface area contributed by atoms with Crippen LogP contribution in [0.2, 0.25) is 0 Å². The van der Waals surface area contributed by atoms with Gasteiger partial charge in [0.05, 0.1) is 0 Å². The van der Waals surface area contributed by atoms with Gasteiger partial charge in [0.15, 0.2) is 0 Å². The standard InChI is InChI=1S/C18H19N3O3/c1-11(22)20-17-10-14(6-7-19-17)13-4-2-12-3-5-15(18(23)21-24)9-16(12)8-13/h3,5-7,9-10,13,24H,2,4,8H2,1H3,(H,21,23)(H,19,20,22). The number of hydrogen-bond acceptors (Lipinski definition) is 4. The summed E-state index contributed by atoms with van der Waals surface area (Å²) in [5.41, 5.74) is 5.59. The van der Waals surface area contributed by atoms with E-state index >= 15 is 0 Å². The molecule has 0 saturated heterocycles. The van der Waals surface area contributed by atoms with Gasteiger partial charge in [0.1, 0.15) is 5.82 Å². The maximum absolute atomic E-state index is 11.6. The third kappa shape index (κ3) is 3.44. The molecule has 124 valence electrons. The molecular formula is C18H19N3O3. The summed E-state index contributed by atoms with van der Waals surface area (Å²) in [7, 11) is 0. The lowest BCUT2D eigenvalue weighted by atomic mass is 9.80. The molecule has 0 radical (unpaired) electrons. The van der Waals surface area contributed by atoms with Crippen LogP contribution in [0.3, 0.4) is 0 Å². The van der Waals surface area contributed by atoms with E-state index in [1.54, 1.807) is 17.7 Å². The fourth-order valence-corrected chi connectivity index (χ4v) is 3.20. The van der Waals surface area contributed by atoms with Gasteiger partial charge in [0.2, 0.25) is 5.91 Å². The van der Waals surface area contributed by atoms with Crippen molar-refractivity contribution in [2.75, 3.05) is 5.32 Å². The second-order valence-corrected chi connectivity index (χ2v) is 6.02. The topological polar surface area (TPSA) is 91.3 Å². The summed E-state index contributed by atoms with van der Waals surface area (Å²) < 4.78 is 0. The largest absolute Gasteiger partial charge is 0.311 e. The summed E-state index contributed by atoms with van der Waals surface area (Å²) in [6.45, 7) is 1.46. The minimum absolute atomic E-state index is 0.145. The molecule has 1 heterocycles. The first-order chi connectivity index (χ1) is 11.6. The molecular weight excluding hydrogens is 306 g/mol. The molecule has 1 aliphatic carbocycles. The van der Waals surface area contributed by atoms with Gasteiger partial charge in [-0.2, -0.15) is 0 Å². The van der Waals surface area contributed by atoms with Crippen molar-refractivity contribution < 1.29 is 14.8 Å². The van der Waals surface area contributed by atoms with Crippen LogP contribution in [0.5, 0.6) is 0 Å². The molecule has 1 aromatic carbocycles. The van der Waals surface area contributed by atoms with Crippen molar-refractivity contribution >= 4 is 17.6 Å². The molecule has 0 aliphatic heterocycles. The predicted octanol–water partition coefficient (Wildman–Crippen LogP) is 2.43. The van der Waals surface area contributed by atoms with Crippen molar-refractivity contribution in [3.05, 3.63) is 58.8 Å². The lowest BCUT2D eigenvalue weighted by Crippen LogP contribution is -2.20. The van der Waals surface area contributed by atoms with Crippen LogP contribution in [0.25, 0.3) is 0 Å². The Labute approximate surface area is 139 Å². The highest BCUT2D eigenvalue weighted by molar-refractivity contribution is 5.93. The van der Waals surface area contributed by atoms with Gasteiger partial charge in [-0.15, -0.1) is 0 Å². The van der Waals surface area contributed by atoms with Crippen molar-refractivity contribution in [2.24, 2.45) is 0 Å². The van der Waals surface area contributed by atoms with E-state index in [2.05, 4.69) is 10.3 Å². The average molecular weight is 325 g/mol. The van der Waals surface area contributed by atoms with Gasteiger partial charge in [0.25, 0.3) is 5.91 Å². The number of carbonyl (C=O) groups excluding carboxylic acids is 2. The van der Waals surface area contributed by atoms with Crippen LogP contribution in [0, 0.1) is 0 Å².